The van der Waals surface area contributed by atoms with Gasteiger partial charge in [0.15, 0.2) is 11.6 Å². The van der Waals surface area contributed by atoms with Gasteiger partial charge in [0.05, 0.1) is 13.3 Å². The molecule has 0 bridgehead atoms. The van der Waals surface area contributed by atoms with Crippen LogP contribution in [0.2, 0.25) is 5.02 Å². The molecule has 3 aromatic rings. The molecule has 27 heavy (non-hydrogen) atoms. The van der Waals surface area contributed by atoms with Crippen LogP contribution in [0.15, 0.2) is 42.6 Å². The van der Waals surface area contributed by atoms with Crippen LogP contribution in [0.1, 0.15) is 25.3 Å². The van der Waals surface area contributed by atoms with Gasteiger partial charge in [0, 0.05) is 16.1 Å². The van der Waals surface area contributed by atoms with Crippen molar-refractivity contribution >= 4 is 23.4 Å². The molecule has 0 aliphatic rings. The lowest BCUT2D eigenvalue weighted by atomic mass is 9.96. The van der Waals surface area contributed by atoms with Gasteiger partial charge in [-0.25, -0.2) is 4.98 Å². The van der Waals surface area contributed by atoms with E-state index >= 15 is 0 Å². The minimum Gasteiger partial charge on any atom is -0.496 e. The molecular formula is C20H21ClN4O2. The van der Waals surface area contributed by atoms with Crippen LogP contribution in [0.3, 0.4) is 0 Å². The van der Waals surface area contributed by atoms with E-state index in [0.29, 0.717) is 16.5 Å². The number of halogens is 1. The van der Waals surface area contributed by atoms with Crippen molar-refractivity contribution in [2.75, 3.05) is 18.6 Å². The van der Waals surface area contributed by atoms with Gasteiger partial charge in [-0.2, -0.15) is 4.98 Å². The average Bonchev–Trinajstić information content (AvgIpc) is 2.63. The van der Waals surface area contributed by atoms with Crippen molar-refractivity contribution in [1.82, 2.24) is 9.97 Å². The number of methoxy groups -OCH3 is 1. The van der Waals surface area contributed by atoms with Gasteiger partial charge in [0.1, 0.15) is 11.5 Å². The van der Waals surface area contributed by atoms with E-state index < -0.39 is 0 Å². The van der Waals surface area contributed by atoms with E-state index in [1.165, 1.54) is 6.20 Å². The first-order chi connectivity index (χ1) is 12.9. The summed E-state index contributed by atoms with van der Waals surface area (Å²) < 4.78 is 11.7. The molecule has 1 aromatic heterocycles. The van der Waals surface area contributed by atoms with Gasteiger partial charge in [-0.15, -0.1) is 0 Å². The predicted octanol–water partition coefficient (Wildman–Crippen LogP) is 4.89. The molecule has 0 fully saturated rings. The Balaban J connectivity index is 2.14. The number of ether oxygens (including phenoxy) is 2. The number of nitrogens with two attached hydrogens (primary N) is 2. The zero-order chi connectivity index (χ0) is 19.6. The summed E-state index contributed by atoms with van der Waals surface area (Å²) in [6.07, 6.45) is 1.46. The molecule has 2 aromatic carbocycles. The Morgan fingerprint density at radius 1 is 1.04 bits per heavy atom. The fourth-order valence-corrected chi connectivity index (χ4v) is 2.95. The van der Waals surface area contributed by atoms with Crippen molar-refractivity contribution in [3.05, 3.63) is 53.2 Å². The molecule has 0 radical (unpaired) electrons. The topological polar surface area (TPSA) is 96.3 Å². The molecule has 0 spiro atoms. The quantitative estimate of drug-likeness (QED) is 0.650. The first-order valence-electron chi connectivity index (χ1n) is 8.42. The number of rotatable bonds is 5. The van der Waals surface area contributed by atoms with Gasteiger partial charge in [0.25, 0.3) is 0 Å². The molecule has 0 aliphatic carbocycles. The fourth-order valence-electron chi connectivity index (χ4n) is 2.76. The maximum absolute atomic E-state index is 6.16. The lowest BCUT2D eigenvalue weighted by Crippen LogP contribution is -2.03. The molecule has 3 rings (SSSR count). The zero-order valence-corrected chi connectivity index (χ0v) is 16.1. The number of aromatic nitrogens is 2. The van der Waals surface area contributed by atoms with Crippen molar-refractivity contribution in [2.24, 2.45) is 0 Å². The summed E-state index contributed by atoms with van der Waals surface area (Å²) in [4.78, 5) is 7.90. The molecule has 0 saturated carbocycles. The number of nitrogen functional groups attached to an aromatic ring is 2. The predicted molar refractivity (Wildman–Crippen MR) is 108 cm³/mol. The third kappa shape index (κ3) is 4.06. The van der Waals surface area contributed by atoms with Crippen molar-refractivity contribution < 1.29 is 9.47 Å². The molecule has 7 heteroatoms. The Kier molecular flexibility index (Phi) is 5.37. The van der Waals surface area contributed by atoms with Gasteiger partial charge in [0.2, 0.25) is 5.95 Å². The number of nitrogens with zero attached hydrogens (tertiary/aromatic N) is 2. The second-order valence-electron chi connectivity index (χ2n) is 6.34. The van der Waals surface area contributed by atoms with Crippen LogP contribution >= 0.6 is 11.6 Å². The second-order valence-corrected chi connectivity index (χ2v) is 6.77. The van der Waals surface area contributed by atoms with Crippen LogP contribution in [0.4, 0.5) is 11.8 Å². The summed E-state index contributed by atoms with van der Waals surface area (Å²) in [5.41, 5.74) is 14.2. The maximum Gasteiger partial charge on any atom is 0.222 e. The summed E-state index contributed by atoms with van der Waals surface area (Å²) in [5.74, 6) is 2.18. The third-order valence-electron chi connectivity index (χ3n) is 4.11. The van der Waals surface area contributed by atoms with E-state index in [1.807, 2.05) is 36.4 Å². The Bertz CT molecular complexity index is 976. The molecule has 1 heterocycles. The van der Waals surface area contributed by atoms with Crippen LogP contribution in [0.5, 0.6) is 17.2 Å². The number of anilines is 2. The standard InChI is InChI=1S/C20H21ClN4O2/c1-11(2)14-8-16(26-3)15(12-5-4-6-13(21)7-12)9-17(14)27-18-10-24-20(23)25-19(18)22/h4-11H,1-3H3,(H4,22,23,24,25). The summed E-state index contributed by atoms with van der Waals surface area (Å²) in [5, 5.41) is 0.640. The van der Waals surface area contributed by atoms with Crippen LogP contribution in [-0.4, -0.2) is 17.1 Å². The highest BCUT2D eigenvalue weighted by molar-refractivity contribution is 6.30. The molecule has 0 amide bonds. The number of hydrogen-bond donors (Lipinski definition) is 2. The zero-order valence-electron chi connectivity index (χ0n) is 15.4. The molecule has 0 atom stereocenters. The largest absolute Gasteiger partial charge is 0.496 e. The first kappa shape index (κ1) is 18.8. The Labute approximate surface area is 163 Å². The molecule has 0 saturated heterocycles. The summed E-state index contributed by atoms with van der Waals surface area (Å²) >= 11 is 6.16. The minimum absolute atomic E-state index is 0.0956. The van der Waals surface area contributed by atoms with Crippen LogP contribution in [-0.2, 0) is 0 Å². The Morgan fingerprint density at radius 2 is 1.81 bits per heavy atom. The van der Waals surface area contributed by atoms with Gasteiger partial charge in [-0.05, 0) is 35.7 Å². The molecule has 4 N–H and O–H groups in total. The van der Waals surface area contributed by atoms with E-state index in [9.17, 15) is 0 Å². The lowest BCUT2D eigenvalue weighted by molar-refractivity contribution is 0.412. The van der Waals surface area contributed by atoms with Crippen molar-refractivity contribution in [3.8, 4) is 28.4 Å². The fraction of sp³-hybridized carbons (Fsp3) is 0.200. The normalized spacial score (nSPS) is 10.9. The van der Waals surface area contributed by atoms with Crippen molar-refractivity contribution in [2.45, 2.75) is 19.8 Å². The average molecular weight is 385 g/mol. The number of benzene rings is 2. The van der Waals surface area contributed by atoms with Gasteiger partial charge >= 0.3 is 0 Å². The molecule has 6 nitrogen and oxygen atoms in total. The minimum atomic E-state index is 0.0956. The third-order valence-corrected chi connectivity index (χ3v) is 4.35. The van der Waals surface area contributed by atoms with Crippen molar-refractivity contribution in [3.63, 3.8) is 0 Å². The van der Waals surface area contributed by atoms with E-state index in [2.05, 4.69) is 23.8 Å². The van der Waals surface area contributed by atoms with Gasteiger partial charge in [-0.3, -0.25) is 0 Å². The monoisotopic (exact) mass is 384 g/mol. The number of hydrogen-bond acceptors (Lipinski definition) is 6. The van der Waals surface area contributed by atoms with E-state index in [0.717, 1.165) is 22.4 Å². The highest BCUT2D eigenvalue weighted by Crippen LogP contribution is 2.41. The van der Waals surface area contributed by atoms with Crippen molar-refractivity contribution in [1.29, 1.82) is 0 Å². The Morgan fingerprint density at radius 3 is 2.44 bits per heavy atom. The van der Waals surface area contributed by atoms with Crippen LogP contribution < -0.4 is 20.9 Å². The van der Waals surface area contributed by atoms with E-state index in [1.54, 1.807) is 7.11 Å². The second kappa shape index (κ2) is 7.72. The summed E-state index contributed by atoms with van der Waals surface area (Å²) in [7, 11) is 1.64. The maximum atomic E-state index is 6.16. The van der Waals surface area contributed by atoms with Gasteiger partial charge < -0.3 is 20.9 Å². The highest BCUT2D eigenvalue weighted by Gasteiger charge is 2.17. The molecule has 0 aliphatic heterocycles. The van der Waals surface area contributed by atoms with E-state index in [4.69, 9.17) is 32.5 Å². The first-order valence-corrected chi connectivity index (χ1v) is 8.80. The molecule has 140 valence electrons. The van der Waals surface area contributed by atoms with Crippen LogP contribution in [0.25, 0.3) is 11.1 Å². The smallest absolute Gasteiger partial charge is 0.222 e. The van der Waals surface area contributed by atoms with Gasteiger partial charge in [-0.1, -0.05) is 37.6 Å². The molecule has 0 unspecified atom stereocenters. The Hall–Kier alpha value is -2.99. The molecular weight excluding hydrogens is 364 g/mol. The highest BCUT2D eigenvalue weighted by atomic mass is 35.5. The SMILES string of the molecule is COc1cc(C(C)C)c(Oc2cnc(N)nc2N)cc1-c1cccc(Cl)c1. The summed E-state index contributed by atoms with van der Waals surface area (Å²) in [6.45, 7) is 4.15. The van der Waals surface area contributed by atoms with E-state index in [-0.39, 0.29) is 17.7 Å². The summed E-state index contributed by atoms with van der Waals surface area (Å²) in [6, 6.07) is 11.4. The van der Waals surface area contributed by atoms with Crippen LogP contribution in [0, 0.1) is 0 Å². The lowest BCUT2D eigenvalue weighted by Gasteiger charge is -2.19.